The molecule has 19 heavy (non-hydrogen) atoms. The maximum Gasteiger partial charge on any atom is 0.125 e. The third-order valence-corrected chi connectivity index (χ3v) is 3.97. The van der Waals surface area contributed by atoms with E-state index in [9.17, 15) is 4.39 Å². The second-order valence-corrected chi connectivity index (χ2v) is 6.47. The number of rotatable bonds is 3. The van der Waals surface area contributed by atoms with Gasteiger partial charge in [0, 0.05) is 18.7 Å². The lowest BCUT2D eigenvalue weighted by atomic mass is 9.78. The summed E-state index contributed by atoms with van der Waals surface area (Å²) in [5.41, 5.74) is 5.69. The minimum absolute atomic E-state index is 0.247. The van der Waals surface area contributed by atoms with Gasteiger partial charge in [-0.05, 0) is 45.9 Å². The van der Waals surface area contributed by atoms with Crippen molar-refractivity contribution in [1.82, 2.24) is 0 Å². The molecule has 2 rings (SSSR count). The zero-order valence-electron chi connectivity index (χ0n) is 12.1. The first-order valence-electron chi connectivity index (χ1n) is 6.64. The van der Waals surface area contributed by atoms with E-state index in [0.717, 1.165) is 12.1 Å². The molecule has 0 spiro atoms. The quantitative estimate of drug-likeness (QED) is 0.884. The summed E-state index contributed by atoms with van der Waals surface area (Å²) in [6.07, 6.45) is 0.778. The van der Waals surface area contributed by atoms with Gasteiger partial charge in [0.25, 0.3) is 0 Å². The summed E-state index contributed by atoms with van der Waals surface area (Å²) in [7, 11) is 0. The van der Waals surface area contributed by atoms with E-state index >= 15 is 0 Å². The molecule has 1 saturated heterocycles. The molecule has 3 N–H and O–H groups in total. The first-order valence-corrected chi connectivity index (χ1v) is 6.64. The van der Waals surface area contributed by atoms with Gasteiger partial charge in [0.1, 0.15) is 5.82 Å². The van der Waals surface area contributed by atoms with Gasteiger partial charge in [-0.25, -0.2) is 4.39 Å². The molecule has 0 radical (unpaired) electrons. The van der Waals surface area contributed by atoms with E-state index in [4.69, 9.17) is 10.5 Å². The molecule has 1 aliphatic heterocycles. The van der Waals surface area contributed by atoms with E-state index in [0.29, 0.717) is 6.54 Å². The zero-order chi connectivity index (χ0) is 14.3. The zero-order valence-corrected chi connectivity index (χ0v) is 12.1. The predicted octanol–water partition coefficient (Wildman–Crippen LogP) is 2.91. The van der Waals surface area contributed by atoms with Gasteiger partial charge < -0.3 is 15.8 Å². The van der Waals surface area contributed by atoms with Crippen LogP contribution in [0.5, 0.6) is 0 Å². The third kappa shape index (κ3) is 2.60. The summed E-state index contributed by atoms with van der Waals surface area (Å²) in [6.45, 7) is 8.60. The summed E-state index contributed by atoms with van der Waals surface area (Å²) < 4.78 is 19.4. The smallest absolute Gasteiger partial charge is 0.125 e. The van der Waals surface area contributed by atoms with Crippen molar-refractivity contribution in [2.24, 2.45) is 5.73 Å². The van der Waals surface area contributed by atoms with Crippen LogP contribution >= 0.6 is 0 Å². The maximum atomic E-state index is 13.3. The molecular weight excluding hydrogens is 243 g/mol. The van der Waals surface area contributed by atoms with Gasteiger partial charge in [-0.1, -0.05) is 6.07 Å². The van der Waals surface area contributed by atoms with Crippen LogP contribution in [-0.4, -0.2) is 23.3 Å². The molecule has 1 atom stereocenters. The molecule has 0 aliphatic carbocycles. The lowest BCUT2D eigenvalue weighted by molar-refractivity contribution is -0.0753. The highest BCUT2D eigenvalue weighted by Crippen LogP contribution is 2.46. The normalized spacial score (nSPS) is 28.3. The first-order chi connectivity index (χ1) is 8.70. The minimum atomic E-state index is -0.419. The van der Waals surface area contributed by atoms with Crippen LogP contribution in [0.3, 0.4) is 0 Å². The van der Waals surface area contributed by atoms with Gasteiger partial charge in [0.15, 0.2) is 0 Å². The number of ether oxygens (including phenoxy) is 1. The van der Waals surface area contributed by atoms with Crippen LogP contribution in [0.4, 0.5) is 10.1 Å². The van der Waals surface area contributed by atoms with Crippen molar-refractivity contribution in [3.05, 3.63) is 30.1 Å². The Hall–Kier alpha value is -1.13. The Labute approximate surface area is 114 Å². The molecule has 4 heteroatoms. The fourth-order valence-electron chi connectivity index (χ4n) is 3.17. The second-order valence-electron chi connectivity index (χ2n) is 6.47. The number of hydrogen-bond acceptors (Lipinski definition) is 3. The predicted molar refractivity (Wildman–Crippen MR) is 75.7 cm³/mol. The van der Waals surface area contributed by atoms with Crippen molar-refractivity contribution in [3.8, 4) is 0 Å². The number of nitrogens with one attached hydrogen (secondary N) is 1. The number of anilines is 1. The molecule has 1 aromatic carbocycles. The van der Waals surface area contributed by atoms with Crippen LogP contribution in [0.2, 0.25) is 0 Å². The van der Waals surface area contributed by atoms with Crippen molar-refractivity contribution in [2.75, 3.05) is 11.9 Å². The van der Waals surface area contributed by atoms with Gasteiger partial charge in [0.05, 0.1) is 16.7 Å². The topological polar surface area (TPSA) is 47.3 Å². The fourth-order valence-corrected chi connectivity index (χ4v) is 3.17. The molecule has 0 aromatic heterocycles. The van der Waals surface area contributed by atoms with Crippen molar-refractivity contribution in [3.63, 3.8) is 0 Å². The summed E-state index contributed by atoms with van der Waals surface area (Å²) >= 11 is 0. The average molecular weight is 266 g/mol. The molecule has 3 nitrogen and oxygen atoms in total. The molecule has 106 valence electrons. The highest BCUT2D eigenvalue weighted by molar-refractivity contribution is 5.47. The third-order valence-electron chi connectivity index (χ3n) is 3.97. The lowest BCUT2D eigenvalue weighted by Crippen LogP contribution is -2.57. The summed E-state index contributed by atoms with van der Waals surface area (Å²) in [6, 6.07) is 6.46. The van der Waals surface area contributed by atoms with Crippen molar-refractivity contribution < 1.29 is 9.13 Å². The van der Waals surface area contributed by atoms with Gasteiger partial charge in [-0.3, -0.25) is 0 Å². The Morgan fingerprint density at radius 3 is 2.47 bits per heavy atom. The van der Waals surface area contributed by atoms with Crippen LogP contribution in [0.15, 0.2) is 24.3 Å². The van der Waals surface area contributed by atoms with Gasteiger partial charge in [0.2, 0.25) is 0 Å². The SMILES string of the molecule is CC1(C)CC(CN)(Nc2cccc(F)c2)C(C)(C)O1. The summed E-state index contributed by atoms with van der Waals surface area (Å²) in [4.78, 5) is 0. The number of benzene rings is 1. The van der Waals surface area contributed by atoms with Crippen LogP contribution in [0, 0.1) is 5.82 Å². The Balaban J connectivity index is 2.33. The van der Waals surface area contributed by atoms with E-state index < -0.39 is 11.1 Å². The Morgan fingerprint density at radius 2 is 2.00 bits per heavy atom. The Bertz CT molecular complexity index is 473. The fraction of sp³-hybridized carbons (Fsp3) is 0.600. The molecule has 0 bridgehead atoms. The van der Waals surface area contributed by atoms with Crippen molar-refractivity contribution >= 4 is 5.69 Å². The largest absolute Gasteiger partial charge is 0.375 e. The minimum Gasteiger partial charge on any atom is -0.375 e. The first kappa shape index (κ1) is 14.3. The maximum absolute atomic E-state index is 13.3. The van der Waals surface area contributed by atoms with Crippen LogP contribution in [0.25, 0.3) is 0 Å². The van der Waals surface area contributed by atoms with E-state index in [1.165, 1.54) is 12.1 Å². The van der Waals surface area contributed by atoms with Crippen molar-refractivity contribution in [1.29, 1.82) is 0 Å². The number of halogens is 1. The average Bonchev–Trinajstić information content (AvgIpc) is 2.43. The number of hydrogen-bond donors (Lipinski definition) is 2. The lowest BCUT2D eigenvalue weighted by Gasteiger charge is -2.40. The van der Waals surface area contributed by atoms with E-state index in [1.54, 1.807) is 6.07 Å². The monoisotopic (exact) mass is 266 g/mol. The standard InChI is InChI=1S/C15H23FN2O/c1-13(2)9-15(10-17,14(3,4)19-13)18-12-7-5-6-11(16)8-12/h5-8,18H,9-10,17H2,1-4H3. The van der Waals surface area contributed by atoms with Crippen molar-refractivity contribution in [2.45, 2.75) is 50.9 Å². The molecule has 1 heterocycles. The molecule has 1 fully saturated rings. The molecule has 0 saturated carbocycles. The Kier molecular flexibility index (Phi) is 3.35. The van der Waals surface area contributed by atoms with E-state index in [-0.39, 0.29) is 11.4 Å². The molecule has 1 aromatic rings. The Morgan fingerprint density at radius 1 is 1.32 bits per heavy atom. The molecule has 1 unspecified atom stereocenters. The van der Waals surface area contributed by atoms with Crippen LogP contribution in [0.1, 0.15) is 34.1 Å². The van der Waals surface area contributed by atoms with E-state index in [1.807, 2.05) is 19.9 Å². The molecule has 1 aliphatic rings. The molecule has 0 amide bonds. The van der Waals surface area contributed by atoms with Gasteiger partial charge >= 0.3 is 0 Å². The summed E-state index contributed by atoms with van der Waals surface area (Å²) in [5, 5.41) is 3.40. The summed E-state index contributed by atoms with van der Waals surface area (Å²) in [5.74, 6) is -0.256. The van der Waals surface area contributed by atoms with E-state index in [2.05, 4.69) is 19.2 Å². The second kappa shape index (κ2) is 4.46. The van der Waals surface area contributed by atoms with Gasteiger partial charge in [-0.15, -0.1) is 0 Å². The number of nitrogens with two attached hydrogens (primary N) is 1. The highest BCUT2D eigenvalue weighted by Gasteiger charge is 2.56. The van der Waals surface area contributed by atoms with Crippen LogP contribution in [-0.2, 0) is 4.74 Å². The highest BCUT2D eigenvalue weighted by atomic mass is 19.1. The van der Waals surface area contributed by atoms with Gasteiger partial charge in [-0.2, -0.15) is 0 Å². The molecular formula is C15H23FN2O. The van der Waals surface area contributed by atoms with Crippen LogP contribution < -0.4 is 11.1 Å².